The summed E-state index contributed by atoms with van der Waals surface area (Å²) >= 11 is -0.826. The summed E-state index contributed by atoms with van der Waals surface area (Å²) in [6.07, 6.45) is 8.11. The number of rotatable bonds is 5. The van der Waals surface area contributed by atoms with Gasteiger partial charge in [-0.15, -0.1) is 0 Å². The molecule has 1 aromatic carbocycles. The van der Waals surface area contributed by atoms with E-state index in [0.717, 1.165) is 35.1 Å². The van der Waals surface area contributed by atoms with Crippen molar-refractivity contribution in [2.75, 3.05) is 7.11 Å². The molecule has 3 nitrogen and oxygen atoms in total. The zero-order valence-corrected chi connectivity index (χ0v) is 20.0. The molecule has 144 valence electrons. The van der Waals surface area contributed by atoms with Gasteiger partial charge in [0.15, 0.2) is 0 Å². The summed E-state index contributed by atoms with van der Waals surface area (Å²) in [7, 11) is 11.5. The molecule has 2 aliphatic carbocycles. The van der Waals surface area contributed by atoms with Gasteiger partial charge >= 0.3 is 37.9 Å². The van der Waals surface area contributed by atoms with Crippen molar-refractivity contribution in [1.82, 2.24) is 0 Å². The topological polar surface area (TPSA) is 41.8 Å². The molecule has 0 spiro atoms. The third-order valence-corrected chi connectivity index (χ3v) is 6.07. The summed E-state index contributed by atoms with van der Waals surface area (Å²) in [4.78, 5) is 4.82. The van der Waals surface area contributed by atoms with Crippen LogP contribution in [0.1, 0.15) is 64.0 Å². The Balaban J connectivity index is 0.000000758. The Morgan fingerprint density at radius 1 is 1.31 bits per heavy atom. The Kier molecular flexibility index (Phi) is 8.50. The van der Waals surface area contributed by atoms with Gasteiger partial charge in [-0.3, -0.25) is 4.99 Å². The van der Waals surface area contributed by atoms with E-state index in [0.29, 0.717) is 11.8 Å². The third-order valence-electron chi connectivity index (χ3n) is 6.07. The number of phenolic OH excluding ortho intramolecular Hbond substituents is 1. The average Bonchev–Trinajstić information content (AvgIpc) is 3.24. The maximum atomic E-state index is 10.7. The number of nitrogens with zero attached hydrogens (tertiary/aromatic N) is 1. The number of hydrogen-bond acceptors (Lipinski definition) is 3. The zero-order valence-electron chi connectivity index (χ0n) is 16.1. The number of halogens is 2. The molecule has 3 rings (SSSR count). The monoisotopic (exact) mass is 475 g/mol. The standard InChI is InChI=1S/C20H29NO2.2ClH.Zr/c1-5-20(2,3)17-11-16(23-4)10-15(19(17)22)12-21-18-9-13-6-7-14(18)8-13;;;/h10-14,18,22H,5-9H2,1-4H3;2*1H;/q;;;+2/p-2. The van der Waals surface area contributed by atoms with Crippen molar-refractivity contribution in [3.63, 3.8) is 0 Å². The number of fused-ring (bicyclic) bond motifs is 2. The predicted octanol–water partition coefficient (Wildman–Crippen LogP) is 6.07. The number of aromatic hydroxyl groups is 1. The van der Waals surface area contributed by atoms with Gasteiger partial charge in [-0.25, -0.2) is 0 Å². The van der Waals surface area contributed by atoms with Crippen LogP contribution in [0.15, 0.2) is 17.1 Å². The molecule has 2 bridgehead atoms. The van der Waals surface area contributed by atoms with E-state index < -0.39 is 20.8 Å². The molecule has 0 aromatic heterocycles. The first kappa shape index (κ1) is 22.2. The zero-order chi connectivity index (χ0) is 19.3. The van der Waals surface area contributed by atoms with Crippen LogP contribution in [0.4, 0.5) is 0 Å². The Hall–Kier alpha value is -0.0469. The van der Waals surface area contributed by atoms with Crippen LogP contribution < -0.4 is 4.74 Å². The van der Waals surface area contributed by atoms with Crippen LogP contribution in [0.3, 0.4) is 0 Å². The van der Waals surface area contributed by atoms with E-state index in [4.69, 9.17) is 26.8 Å². The van der Waals surface area contributed by atoms with Crippen LogP contribution in [-0.4, -0.2) is 24.5 Å². The van der Waals surface area contributed by atoms with Crippen molar-refractivity contribution in [2.45, 2.75) is 64.3 Å². The van der Waals surface area contributed by atoms with Crippen molar-refractivity contribution < 1.29 is 30.7 Å². The van der Waals surface area contributed by atoms with Crippen molar-refractivity contribution in [1.29, 1.82) is 0 Å². The Morgan fingerprint density at radius 3 is 2.50 bits per heavy atom. The number of hydrogen-bond donors (Lipinski definition) is 1. The van der Waals surface area contributed by atoms with Gasteiger partial charge in [-0.2, -0.15) is 0 Å². The fourth-order valence-electron chi connectivity index (χ4n) is 4.12. The van der Waals surface area contributed by atoms with E-state index in [9.17, 15) is 5.11 Å². The second kappa shape index (κ2) is 9.94. The third kappa shape index (κ3) is 5.27. The molecular formula is C20H29Cl2NO2Zr. The second-order valence-corrected chi connectivity index (χ2v) is 11.7. The molecule has 0 amide bonds. The fraction of sp³-hybridized carbons (Fsp3) is 0.650. The van der Waals surface area contributed by atoms with Gasteiger partial charge in [-0.1, -0.05) is 27.2 Å². The van der Waals surface area contributed by atoms with E-state index in [1.807, 2.05) is 18.3 Å². The number of methoxy groups -OCH3 is 1. The van der Waals surface area contributed by atoms with Crippen LogP contribution in [0.5, 0.6) is 11.5 Å². The first-order chi connectivity index (χ1) is 12.4. The number of aliphatic imine (C=N–C) groups is 1. The van der Waals surface area contributed by atoms with Gasteiger partial charge in [0, 0.05) is 17.3 Å². The predicted molar refractivity (Wildman–Crippen MR) is 107 cm³/mol. The van der Waals surface area contributed by atoms with Crippen LogP contribution in [0, 0.1) is 11.8 Å². The van der Waals surface area contributed by atoms with Crippen molar-refractivity contribution >= 4 is 23.2 Å². The van der Waals surface area contributed by atoms with Crippen LogP contribution in [0.25, 0.3) is 0 Å². The summed E-state index contributed by atoms with van der Waals surface area (Å²) in [5.41, 5.74) is 1.63. The van der Waals surface area contributed by atoms with Crippen LogP contribution >= 0.6 is 17.0 Å². The summed E-state index contributed by atoms with van der Waals surface area (Å²) in [6.45, 7) is 6.44. The molecule has 2 saturated carbocycles. The molecule has 3 unspecified atom stereocenters. The fourth-order valence-corrected chi connectivity index (χ4v) is 4.12. The normalized spacial score (nSPS) is 24.5. The second-order valence-electron chi connectivity index (χ2n) is 7.94. The van der Waals surface area contributed by atoms with Gasteiger partial charge in [-0.05, 0) is 55.1 Å². The van der Waals surface area contributed by atoms with Crippen molar-refractivity contribution in [3.05, 3.63) is 23.3 Å². The first-order valence-electron chi connectivity index (χ1n) is 9.27. The van der Waals surface area contributed by atoms with E-state index >= 15 is 0 Å². The first-order valence-corrected chi connectivity index (χ1v) is 15.6. The molecule has 0 radical (unpaired) electrons. The molecule has 3 atom stereocenters. The minimum absolute atomic E-state index is 0.0896. The Morgan fingerprint density at radius 2 is 2.00 bits per heavy atom. The van der Waals surface area contributed by atoms with Gasteiger partial charge in [0.2, 0.25) is 0 Å². The quantitative estimate of drug-likeness (QED) is 0.523. The van der Waals surface area contributed by atoms with E-state index in [1.165, 1.54) is 25.7 Å². The minimum atomic E-state index is -0.826. The Bertz CT molecular complexity index is 636. The van der Waals surface area contributed by atoms with E-state index in [-0.39, 0.29) is 5.41 Å². The maximum absolute atomic E-state index is 10.7. The number of benzene rings is 1. The molecule has 0 heterocycles. The summed E-state index contributed by atoms with van der Waals surface area (Å²) in [5.74, 6) is 2.78. The summed E-state index contributed by atoms with van der Waals surface area (Å²) in [5, 5.41) is 10.7. The van der Waals surface area contributed by atoms with Gasteiger partial charge in [0.1, 0.15) is 11.5 Å². The van der Waals surface area contributed by atoms with Gasteiger partial charge in [0.05, 0.1) is 13.2 Å². The molecule has 1 aromatic rings. The molecule has 6 heteroatoms. The van der Waals surface area contributed by atoms with Crippen LogP contribution in [0.2, 0.25) is 0 Å². The van der Waals surface area contributed by atoms with E-state index in [1.54, 1.807) is 7.11 Å². The van der Waals surface area contributed by atoms with Gasteiger partial charge < -0.3 is 9.84 Å². The van der Waals surface area contributed by atoms with Gasteiger partial charge in [0.25, 0.3) is 0 Å². The van der Waals surface area contributed by atoms with Crippen molar-refractivity contribution in [3.8, 4) is 11.5 Å². The average molecular weight is 478 g/mol. The van der Waals surface area contributed by atoms with E-state index in [2.05, 4.69) is 20.8 Å². The molecular weight excluding hydrogens is 448 g/mol. The molecule has 0 aliphatic heterocycles. The molecule has 1 N–H and O–H groups in total. The SMILES string of the molecule is CCC(C)(C)c1cc(OC)cc(C=NC2CC3CCC2C3)c1O.[Cl][Zr][Cl]. The van der Waals surface area contributed by atoms with Crippen molar-refractivity contribution in [2.24, 2.45) is 16.8 Å². The summed E-state index contributed by atoms with van der Waals surface area (Å²) in [6, 6.07) is 4.29. The Labute approximate surface area is 176 Å². The molecule has 0 saturated heterocycles. The van der Waals surface area contributed by atoms with Crippen LogP contribution in [-0.2, 0) is 26.3 Å². The summed E-state index contributed by atoms with van der Waals surface area (Å²) < 4.78 is 5.44. The number of phenols is 1. The molecule has 26 heavy (non-hydrogen) atoms. The number of ether oxygens (including phenoxy) is 1. The molecule has 2 fully saturated rings. The molecule has 2 aliphatic rings.